The number of aliphatic imine (C=N–C) groups is 2. The van der Waals surface area contributed by atoms with Crippen LogP contribution in [0.5, 0.6) is 0 Å². The van der Waals surface area contributed by atoms with E-state index in [2.05, 4.69) is 37.8 Å². The number of nitrogens with two attached hydrogens (primary N) is 4. The minimum Gasteiger partial charge on any atom is -0.397 e. The van der Waals surface area contributed by atoms with Gasteiger partial charge in [-0.1, -0.05) is 12.1 Å². The number of anilines is 2. The van der Waals surface area contributed by atoms with Crippen molar-refractivity contribution < 1.29 is 0 Å². The summed E-state index contributed by atoms with van der Waals surface area (Å²) in [6, 6.07) is 11.7. The number of nitrogen functional groups attached to an aromatic ring is 2. The summed E-state index contributed by atoms with van der Waals surface area (Å²) < 4.78 is 0. The van der Waals surface area contributed by atoms with Crippen molar-refractivity contribution in [1.29, 1.82) is 5.26 Å². The first-order valence-electron chi connectivity index (χ1n) is 12.4. The molecule has 0 spiro atoms. The number of nitrogens with one attached hydrogen (secondary N) is 1. The Morgan fingerprint density at radius 2 is 1.42 bits per heavy atom. The molecule has 0 bridgehead atoms. The Morgan fingerprint density at radius 3 is 1.97 bits per heavy atom. The Kier molecular flexibility index (Phi) is 11.5. The summed E-state index contributed by atoms with van der Waals surface area (Å²) >= 11 is 0. The second kappa shape index (κ2) is 14.5. The molecule has 0 aliphatic carbocycles. The van der Waals surface area contributed by atoms with Gasteiger partial charge < -0.3 is 37.7 Å². The van der Waals surface area contributed by atoms with Crippen molar-refractivity contribution in [3.05, 3.63) is 47.5 Å². The van der Waals surface area contributed by atoms with Crippen molar-refractivity contribution >= 4 is 52.7 Å². The molecular formula is C26H38ClN11. The number of guanidine groups is 2. The molecule has 0 amide bonds. The van der Waals surface area contributed by atoms with Gasteiger partial charge in [0.2, 0.25) is 18.1 Å². The predicted octanol–water partition coefficient (Wildman–Crippen LogP) is 3.37. The first kappa shape index (κ1) is 30.1. The number of nitrogens with zero attached hydrogens (tertiary/aromatic N) is 6. The van der Waals surface area contributed by atoms with Gasteiger partial charge in [0.25, 0.3) is 0 Å². The second-order valence-electron chi connectivity index (χ2n) is 9.14. The van der Waals surface area contributed by atoms with Crippen molar-refractivity contribution in [2.24, 2.45) is 21.5 Å². The molecule has 2 aliphatic rings. The van der Waals surface area contributed by atoms with Crippen molar-refractivity contribution in [3.63, 3.8) is 0 Å². The van der Waals surface area contributed by atoms with Crippen LogP contribution in [0.2, 0.25) is 0 Å². The molecular weight excluding hydrogens is 502 g/mol. The predicted molar refractivity (Wildman–Crippen MR) is 158 cm³/mol. The molecule has 1 aromatic heterocycles. The van der Waals surface area contributed by atoms with Crippen LogP contribution in [0.25, 0.3) is 11.0 Å². The molecule has 3 aromatic rings. The number of hydrogen-bond acceptors (Lipinski definition) is 6. The maximum absolute atomic E-state index is 8.15. The molecule has 2 aromatic carbocycles. The Bertz CT molecular complexity index is 1280. The number of rotatable bonds is 1. The molecule has 0 radical (unpaired) electrons. The van der Waals surface area contributed by atoms with Gasteiger partial charge in [-0.2, -0.15) is 10.3 Å². The van der Waals surface area contributed by atoms with Crippen molar-refractivity contribution in [1.82, 2.24) is 19.8 Å². The third kappa shape index (κ3) is 8.74. The highest BCUT2D eigenvalue weighted by Gasteiger charge is 2.14. The molecule has 0 unspecified atom stereocenters. The van der Waals surface area contributed by atoms with E-state index in [-0.39, 0.29) is 12.4 Å². The van der Waals surface area contributed by atoms with Crippen LogP contribution >= 0.6 is 12.4 Å². The maximum Gasteiger partial charge on any atom is 0.231 e. The maximum atomic E-state index is 8.15. The second-order valence-corrected chi connectivity index (χ2v) is 9.14. The number of aromatic nitrogens is 2. The number of halogens is 1. The normalized spacial score (nSPS) is 15.2. The fourth-order valence-electron chi connectivity index (χ4n) is 4.05. The number of fused-ring (bicyclic) bond motifs is 1. The Morgan fingerprint density at radius 1 is 0.868 bits per heavy atom. The average Bonchev–Trinajstić information content (AvgIpc) is 3.64. The number of H-pyrrole nitrogens is 1. The van der Waals surface area contributed by atoms with E-state index < -0.39 is 0 Å². The van der Waals surface area contributed by atoms with Gasteiger partial charge in [0, 0.05) is 26.2 Å². The van der Waals surface area contributed by atoms with Crippen LogP contribution in [0.15, 0.2) is 46.4 Å². The van der Waals surface area contributed by atoms with Gasteiger partial charge in [-0.3, -0.25) is 0 Å². The average molecular weight is 540 g/mol. The lowest BCUT2D eigenvalue weighted by Gasteiger charge is -2.14. The highest BCUT2D eigenvalue weighted by molar-refractivity contribution is 5.85. The van der Waals surface area contributed by atoms with Gasteiger partial charge in [-0.15, -0.1) is 17.4 Å². The van der Waals surface area contributed by atoms with E-state index in [4.69, 9.17) is 28.2 Å². The van der Waals surface area contributed by atoms with Gasteiger partial charge in [0.15, 0.2) is 5.96 Å². The van der Waals surface area contributed by atoms with Crippen LogP contribution in [0.4, 0.5) is 17.3 Å². The number of likely N-dealkylation sites (tertiary alicyclic amines) is 2. The molecule has 3 heterocycles. The van der Waals surface area contributed by atoms with Crippen LogP contribution < -0.4 is 22.9 Å². The molecule has 11 nitrogen and oxygen atoms in total. The van der Waals surface area contributed by atoms with Crippen molar-refractivity contribution in [2.45, 2.75) is 39.5 Å². The summed E-state index contributed by atoms with van der Waals surface area (Å²) in [5.74, 6) is 1.50. The Balaban J connectivity index is 0.000000217. The number of hydrogen-bond donors (Lipinski definition) is 5. The molecule has 2 fully saturated rings. The zero-order valence-corrected chi connectivity index (χ0v) is 22.8. The standard InChI is InChI=1S/C13H17N5.C7H10N2.C6H10N4.ClH/c1-9-4-5-10-11(8-9)16-13(15-10)17-12(14)18-6-2-3-7-18;1-5-2-3-6(8)7(9)4-5;7-5-9-6(8)10-3-1-2-4-10;/h4-5,8H,2-3,6-7H2,1H3,(H3,14,15,16,17);2-4H,8-9H2,1H3;1-4H2,(H2,8,9);1H. The minimum absolute atomic E-state index is 0. The van der Waals surface area contributed by atoms with Gasteiger partial charge in [-0.05, 0) is 74.9 Å². The third-order valence-electron chi connectivity index (χ3n) is 6.11. The zero-order valence-electron chi connectivity index (χ0n) is 22.0. The molecule has 0 atom stereocenters. The lowest BCUT2D eigenvalue weighted by molar-refractivity contribution is 0.513. The van der Waals surface area contributed by atoms with E-state index in [9.17, 15) is 0 Å². The first-order valence-corrected chi connectivity index (χ1v) is 12.4. The van der Waals surface area contributed by atoms with Gasteiger partial charge in [0.05, 0.1) is 22.4 Å². The van der Waals surface area contributed by atoms with E-state index in [0.717, 1.165) is 55.6 Å². The topological polar surface area (TPSA) is 188 Å². The Hall–Kier alpha value is -4.17. The number of imidazole rings is 1. The van der Waals surface area contributed by atoms with Gasteiger partial charge in [-0.25, -0.2) is 4.98 Å². The van der Waals surface area contributed by atoms with E-state index in [1.807, 2.05) is 42.2 Å². The molecule has 2 saturated heterocycles. The number of aryl methyl sites for hydroxylation is 2. The fourth-order valence-corrected chi connectivity index (χ4v) is 4.05. The molecule has 12 heteroatoms. The number of aromatic amines is 1. The number of benzene rings is 2. The fraction of sp³-hybridized carbons (Fsp3) is 0.385. The lowest BCUT2D eigenvalue weighted by atomic mass is 10.2. The SMILES string of the molecule is Cc1ccc(N)c(N)c1.Cc1ccc2nc(N=C(N)N3CCCC3)[nH]c2c1.Cl.N#CN=C(N)N1CCCC1. The quantitative estimate of drug-likeness (QED) is 0.134. The zero-order chi connectivity index (χ0) is 26.8. The van der Waals surface area contributed by atoms with Gasteiger partial charge >= 0.3 is 0 Å². The Labute approximate surface area is 230 Å². The van der Waals surface area contributed by atoms with E-state index in [0.29, 0.717) is 29.2 Å². The van der Waals surface area contributed by atoms with Crippen molar-refractivity contribution in [2.75, 3.05) is 37.6 Å². The summed E-state index contributed by atoms with van der Waals surface area (Å²) in [4.78, 5) is 19.4. The summed E-state index contributed by atoms with van der Waals surface area (Å²) in [6.45, 7) is 7.91. The number of nitriles is 1. The van der Waals surface area contributed by atoms with Crippen LogP contribution in [-0.2, 0) is 0 Å². The molecule has 2 aliphatic heterocycles. The van der Waals surface area contributed by atoms with Crippen molar-refractivity contribution in [3.8, 4) is 6.19 Å². The van der Waals surface area contributed by atoms with Crippen LogP contribution in [0.1, 0.15) is 36.8 Å². The van der Waals surface area contributed by atoms with Gasteiger partial charge in [0.1, 0.15) is 0 Å². The summed E-state index contributed by atoms with van der Waals surface area (Å²) in [7, 11) is 0. The first-order chi connectivity index (χ1) is 17.8. The summed E-state index contributed by atoms with van der Waals surface area (Å²) in [5, 5.41) is 8.15. The lowest BCUT2D eigenvalue weighted by Crippen LogP contribution is -2.34. The highest BCUT2D eigenvalue weighted by Crippen LogP contribution is 2.18. The van der Waals surface area contributed by atoms with E-state index in [1.54, 1.807) is 6.19 Å². The molecule has 9 N–H and O–H groups in total. The smallest absolute Gasteiger partial charge is 0.231 e. The van der Waals surface area contributed by atoms with Crippen LogP contribution in [-0.4, -0.2) is 57.9 Å². The molecule has 38 heavy (non-hydrogen) atoms. The molecule has 5 rings (SSSR count). The molecule has 204 valence electrons. The highest BCUT2D eigenvalue weighted by atomic mass is 35.5. The third-order valence-corrected chi connectivity index (χ3v) is 6.11. The van der Waals surface area contributed by atoms with Crippen LogP contribution in [0, 0.1) is 25.3 Å². The summed E-state index contributed by atoms with van der Waals surface area (Å²) in [6.07, 6.45) is 6.35. The largest absolute Gasteiger partial charge is 0.397 e. The van der Waals surface area contributed by atoms with Crippen LogP contribution in [0.3, 0.4) is 0 Å². The summed E-state index contributed by atoms with van der Waals surface area (Å²) in [5.41, 5.74) is 28.0. The minimum atomic E-state index is 0. The van der Waals surface area contributed by atoms with E-state index >= 15 is 0 Å². The monoisotopic (exact) mass is 539 g/mol. The van der Waals surface area contributed by atoms with E-state index in [1.165, 1.54) is 18.4 Å². The molecule has 0 saturated carbocycles.